The zero-order valence-electron chi connectivity index (χ0n) is 11.6. The van der Waals surface area contributed by atoms with Crippen molar-refractivity contribution in [3.05, 3.63) is 24.3 Å². The van der Waals surface area contributed by atoms with Gasteiger partial charge in [-0.25, -0.2) is 9.13 Å². The minimum atomic E-state index is -0.332. The van der Waals surface area contributed by atoms with Crippen LogP contribution in [0.5, 0.6) is 0 Å². The van der Waals surface area contributed by atoms with Gasteiger partial charge in [0.15, 0.2) is 17.6 Å². The Balaban J connectivity index is 2.13. The normalized spacial score (nSPS) is 18.1. The van der Waals surface area contributed by atoms with Crippen molar-refractivity contribution in [2.45, 2.75) is 24.3 Å². The van der Waals surface area contributed by atoms with Gasteiger partial charge in [-0.3, -0.25) is 4.79 Å². The van der Waals surface area contributed by atoms with Gasteiger partial charge >= 0.3 is 5.16 Å². The van der Waals surface area contributed by atoms with Crippen LogP contribution in [0.3, 0.4) is 0 Å². The maximum Gasteiger partial charge on any atom is 0.319 e. The van der Waals surface area contributed by atoms with Gasteiger partial charge in [0.05, 0.1) is 0 Å². The molecule has 2 heterocycles. The van der Waals surface area contributed by atoms with Crippen molar-refractivity contribution in [3.63, 3.8) is 0 Å². The molecule has 0 aliphatic carbocycles. The average molecular weight is 292 g/mol. The zero-order chi connectivity index (χ0) is 14.3. The van der Waals surface area contributed by atoms with Crippen LogP contribution in [0.4, 0.5) is 0 Å². The summed E-state index contributed by atoms with van der Waals surface area (Å²) in [6.07, 6.45) is -0.332. The van der Waals surface area contributed by atoms with E-state index in [1.807, 2.05) is 28.8 Å². The van der Waals surface area contributed by atoms with Gasteiger partial charge in [0.2, 0.25) is 0 Å². The number of benzene rings is 1. The van der Waals surface area contributed by atoms with Crippen molar-refractivity contribution in [1.82, 2.24) is 9.47 Å². The maximum atomic E-state index is 12.0. The van der Waals surface area contributed by atoms with E-state index < -0.39 is 0 Å². The van der Waals surface area contributed by atoms with Crippen molar-refractivity contribution >= 4 is 28.7 Å². The summed E-state index contributed by atoms with van der Waals surface area (Å²) in [5.74, 6) is 0.743. The van der Waals surface area contributed by atoms with Crippen LogP contribution in [0.15, 0.2) is 29.4 Å². The molecule has 0 unspecified atom stereocenters. The van der Waals surface area contributed by atoms with Crippen LogP contribution in [0, 0.1) is 0 Å². The lowest BCUT2D eigenvalue weighted by molar-refractivity contribution is -0.717. The first kappa shape index (κ1) is 13.5. The molecule has 2 aromatic rings. The lowest BCUT2D eigenvalue weighted by Crippen LogP contribution is -2.46. The fraction of sp³-hybridized carbons (Fsp3) is 0.429. The van der Waals surface area contributed by atoms with Crippen molar-refractivity contribution in [3.8, 4) is 0 Å². The molecule has 1 aromatic heterocycles. The van der Waals surface area contributed by atoms with Gasteiger partial charge in [0.25, 0.3) is 5.91 Å². The predicted molar refractivity (Wildman–Crippen MR) is 77.6 cm³/mol. The first-order chi connectivity index (χ1) is 9.58. The Hall–Kier alpha value is -1.53. The third-order valence-electron chi connectivity index (χ3n) is 3.52. The Bertz CT molecular complexity index is 666. The van der Waals surface area contributed by atoms with E-state index in [2.05, 4.69) is 4.57 Å². The number of para-hydroxylation sites is 2. The molecule has 0 bridgehead atoms. The van der Waals surface area contributed by atoms with E-state index in [1.54, 1.807) is 30.8 Å². The molecular weight excluding hydrogens is 274 g/mol. The summed E-state index contributed by atoms with van der Waals surface area (Å²) in [5, 5.41) is 10.9. The predicted octanol–water partition coefficient (Wildman–Crippen LogP) is 0.484. The van der Waals surface area contributed by atoms with Crippen molar-refractivity contribution < 1.29 is 14.5 Å². The van der Waals surface area contributed by atoms with E-state index >= 15 is 0 Å². The molecule has 106 valence electrons. The molecule has 1 N–H and O–H groups in total. The van der Waals surface area contributed by atoms with Gasteiger partial charge in [-0.05, 0) is 23.9 Å². The second-order valence-corrected chi connectivity index (χ2v) is 6.21. The van der Waals surface area contributed by atoms with E-state index in [-0.39, 0.29) is 12.0 Å². The molecule has 3 rings (SSSR count). The lowest BCUT2D eigenvalue weighted by Gasteiger charge is -2.15. The molecule has 20 heavy (non-hydrogen) atoms. The Labute approximate surface area is 121 Å². The molecule has 0 spiro atoms. The number of thioether (sulfide) groups is 1. The SMILES string of the molecule is CN(C)C(=O)Cn1c2[n+](c3ccccc31)C[C@H](O)CS2. The highest BCUT2D eigenvalue weighted by atomic mass is 32.2. The third kappa shape index (κ3) is 2.19. The summed E-state index contributed by atoms with van der Waals surface area (Å²) in [6, 6.07) is 8.02. The minimum absolute atomic E-state index is 0.0703. The van der Waals surface area contributed by atoms with Gasteiger partial charge in [0, 0.05) is 19.8 Å². The third-order valence-corrected chi connectivity index (χ3v) is 4.77. The number of aliphatic hydroxyl groups is 1. The van der Waals surface area contributed by atoms with E-state index in [4.69, 9.17) is 0 Å². The van der Waals surface area contributed by atoms with Crippen molar-refractivity contribution in [1.29, 1.82) is 0 Å². The summed E-state index contributed by atoms with van der Waals surface area (Å²) in [5.41, 5.74) is 2.11. The van der Waals surface area contributed by atoms with Gasteiger partial charge in [-0.1, -0.05) is 12.1 Å². The first-order valence-electron chi connectivity index (χ1n) is 6.60. The zero-order valence-corrected chi connectivity index (χ0v) is 12.4. The average Bonchev–Trinajstić information content (AvgIpc) is 2.73. The van der Waals surface area contributed by atoms with Crippen LogP contribution >= 0.6 is 11.8 Å². The van der Waals surface area contributed by atoms with E-state index in [0.29, 0.717) is 18.8 Å². The van der Waals surface area contributed by atoms with Gasteiger partial charge in [0.1, 0.15) is 12.6 Å². The fourth-order valence-corrected chi connectivity index (χ4v) is 3.56. The summed E-state index contributed by atoms with van der Waals surface area (Å²) in [6.45, 7) is 0.922. The van der Waals surface area contributed by atoms with E-state index in [9.17, 15) is 9.90 Å². The molecule has 0 saturated heterocycles. The highest BCUT2D eigenvalue weighted by Crippen LogP contribution is 2.26. The summed E-state index contributed by atoms with van der Waals surface area (Å²) in [7, 11) is 3.54. The Morgan fingerprint density at radius 2 is 2.25 bits per heavy atom. The molecule has 1 atom stereocenters. The van der Waals surface area contributed by atoms with Gasteiger partial charge < -0.3 is 10.0 Å². The number of likely N-dealkylation sites (N-methyl/N-ethyl adjacent to an activating group) is 1. The molecule has 1 aliphatic rings. The Kier molecular flexibility index (Phi) is 3.43. The van der Waals surface area contributed by atoms with Crippen LogP contribution in [0.1, 0.15) is 0 Å². The standard InChI is InChI=1S/C14H18N3O2S/c1-15(2)13(19)8-17-12-6-4-3-5-11(12)16-7-10(18)9-20-14(16)17/h3-6,10,18H,7-9H2,1-2H3/q+1/t10-/m0/s1. The second-order valence-electron chi connectivity index (χ2n) is 5.22. The highest BCUT2D eigenvalue weighted by molar-refractivity contribution is 7.99. The fourth-order valence-electron chi connectivity index (χ4n) is 2.47. The van der Waals surface area contributed by atoms with Gasteiger partial charge in [-0.2, -0.15) is 0 Å². The Morgan fingerprint density at radius 3 is 3.00 bits per heavy atom. The molecule has 0 saturated carbocycles. The molecule has 1 aliphatic heterocycles. The molecule has 1 amide bonds. The summed E-state index contributed by atoms with van der Waals surface area (Å²) in [4.78, 5) is 13.6. The Morgan fingerprint density at radius 1 is 1.50 bits per heavy atom. The van der Waals surface area contributed by atoms with Crippen molar-refractivity contribution in [2.24, 2.45) is 0 Å². The van der Waals surface area contributed by atoms with Crippen LogP contribution < -0.4 is 4.57 Å². The molecule has 5 nitrogen and oxygen atoms in total. The van der Waals surface area contributed by atoms with Crippen LogP contribution in [0.25, 0.3) is 11.0 Å². The number of rotatable bonds is 2. The summed E-state index contributed by atoms with van der Waals surface area (Å²) >= 11 is 1.61. The molecule has 1 aromatic carbocycles. The molecular formula is C14H18N3O2S+. The number of nitrogens with zero attached hydrogens (tertiary/aromatic N) is 3. The quantitative estimate of drug-likeness (QED) is 0.819. The number of carbonyl (C=O) groups is 1. The number of imidazole rings is 1. The first-order valence-corrected chi connectivity index (χ1v) is 7.58. The van der Waals surface area contributed by atoms with Crippen LogP contribution in [0.2, 0.25) is 0 Å². The second kappa shape index (κ2) is 5.10. The number of aliphatic hydroxyl groups excluding tert-OH is 1. The number of aromatic nitrogens is 2. The lowest BCUT2D eigenvalue weighted by atomic mass is 10.3. The number of amides is 1. The minimum Gasteiger partial charge on any atom is -0.388 e. The van der Waals surface area contributed by atoms with E-state index in [1.165, 1.54) is 0 Å². The largest absolute Gasteiger partial charge is 0.388 e. The van der Waals surface area contributed by atoms with E-state index in [0.717, 1.165) is 16.2 Å². The smallest absolute Gasteiger partial charge is 0.319 e. The van der Waals surface area contributed by atoms with Crippen molar-refractivity contribution in [2.75, 3.05) is 19.8 Å². The number of fused-ring (bicyclic) bond motifs is 3. The number of carbonyl (C=O) groups excluding carboxylic acids is 1. The topological polar surface area (TPSA) is 49.4 Å². The molecule has 0 radical (unpaired) electrons. The van der Waals surface area contributed by atoms with Crippen LogP contribution in [-0.2, 0) is 17.9 Å². The number of hydrogen-bond donors (Lipinski definition) is 1. The highest BCUT2D eigenvalue weighted by Gasteiger charge is 2.32. The molecule has 0 fully saturated rings. The molecule has 6 heteroatoms. The maximum absolute atomic E-state index is 12.0. The van der Waals surface area contributed by atoms with Crippen LogP contribution in [-0.4, -0.2) is 46.4 Å². The monoisotopic (exact) mass is 292 g/mol. The van der Waals surface area contributed by atoms with Gasteiger partial charge in [-0.15, -0.1) is 0 Å². The summed E-state index contributed by atoms with van der Waals surface area (Å²) < 4.78 is 4.16. The number of hydrogen-bond acceptors (Lipinski definition) is 3.